The number of thioether (sulfide) groups is 1. The molecule has 1 aromatic carbocycles. The van der Waals surface area contributed by atoms with E-state index in [1.54, 1.807) is 36.3 Å². The summed E-state index contributed by atoms with van der Waals surface area (Å²) in [4.78, 5) is 36.8. The maximum atomic E-state index is 12.5. The molecule has 0 bridgehead atoms. The smallest absolute Gasteiger partial charge is 0.223 e. The monoisotopic (exact) mass is 517 g/mol. The minimum Gasteiger partial charge on any atom is -0.491 e. The Bertz CT molecular complexity index is 957. The van der Waals surface area contributed by atoms with Gasteiger partial charge in [-0.1, -0.05) is 23.7 Å². The van der Waals surface area contributed by atoms with E-state index < -0.39 is 0 Å². The molecule has 8 nitrogen and oxygen atoms in total. The molecular formula is C25H32ClN5O3S. The van der Waals surface area contributed by atoms with Crippen LogP contribution in [0.4, 0.5) is 5.69 Å². The summed E-state index contributed by atoms with van der Waals surface area (Å²) in [5, 5.41) is 3.61. The molecule has 10 heteroatoms. The lowest BCUT2D eigenvalue weighted by atomic mass is 10.2. The Hall–Kier alpha value is -2.78. The number of anilines is 1. The second kappa shape index (κ2) is 14.6. The summed E-state index contributed by atoms with van der Waals surface area (Å²) in [5.74, 6) is 2.17. The van der Waals surface area contributed by atoms with E-state index in [-0.39, 0.29) is 30.7 Å². The van der Waals surface area contributed by atoms with E-state index >= 15 is 0 Å². The Kier molecular flexibility index (Phi) is 11.2. The van der Waals surface area contributed by atoms with Gasteiger partial charge in [-0.2, -0.15) is 11.8 Å². The summed E-state index contributed by atoms with van der Waals surface area (Å²) in [6.07, 6.45) is 3.78. The lowest BCUT2D eigenvalue weighted by Crippen LogP contribution is -2.49. The number of para-hydroxylation sites is 1. The molecule has 0 saturated carbocycles. The molecule has 1 unspecified atom stereocenters. The summed E-state index contributed by atoms with van der Waals surface area (Å²) in [5.41, 5.74) is 0.995. The molecule has 1 atom stereocenters. The fraction of sp³-hybridized carbons (Fsp3) is 0.440. The largest absolute Gasteiger partial charge is 0.491 e. The van der Waals surface area contributed by atoms with Crippen molar-refractivity contribution in [1.29, 1.82) is 0 Å². The number of carbonyl (C=O) groups is 2. The first kappa shape index (κ1) is 26.8. The van der Waals surface area contributed by atoms with Crippen LogP contribution in [0.2, 0.25) is 5.02 Å². The molecule has 2 amide bonds. The number of aromatic nitrogens is 1. The van der Waals surface area contributed by atoms with Gasteiger partial charge in [0.1, 0.15) is 12.4 Å². The van der Waals surface area contributed by atoms with Crippen molar-refractivity contribution < 1.29 is 14.3 Å². The molecule has 2 heterocycles. The number of benzene rings is 1. The number of hydrogen-bond acceptors (Lipinski definition) is 7. The highest BCUT2D eigenvalue weighted by atomic mass is 35.5. The first-order chi connectivity index (χ1) is 17.1. The first-order valence-corrected chi connectivity index (χ1v) is 13.2. The Morgan fingerprint density at radius 3 is 2.60 bits per heavy atom. The molecule has 0 aliphatic carbocycles. The van der Waals surface area contributed by atoms with E-state index in [0.29, 0.717) is 26.2 Å². The Labute approximate surface area is 216 Å². The highest BCUT2D eigenvalue weighted by molar-refractivity contribution is 7.99. The van der Waals surface area contributed by atoms with E-state index in [1.165, 1.54) is 0 Å². The second-order valence-electron chi connectivity index (χ2n) is 8.07. The van der Waals surface area contributed by atoms with Crippen LogP contribution < -0.4 is 15.0 Å². The molecule has 1 aromatic heterocycles. The minimum atomic E-state index is -0.104. The van der Waals surface area contributed by atoms with Crippen LogP contribution >= 0.6 is 23.4 Å². The number of ether oxygens (including phenoxy) is 1. The zero-order valence-electron chi connectivity index (χ0n) is 19.8. The summed E-state index contributed by atoms with van der Waals surface area (Å²) >= 11 is 7.96. The molecule has 1 aliphatic rings. The van der Waals surface area contributed by atoms with Gasteiger partial charge in [-0.15, -0.1) is 0 Å². The van der Waals surface area contributed by atoms with Crippen molar-refractivity contribution in [2.75, 3.05) is 55.7 Å². The number of aliphatic imine (C=N–C) groups is 1. The molecule has 2 aromatic rings. The van der Waals surface area contributed by atoms with Crippen LogP contribution in [0, 0.1) is 0 Å². The summed E-state index contributed by atoms with van der Waals surface area (Å²) in [7, 11) is 0. The van der Waals surface area contributed by atoms with Crippen LogP contribution in [0.3, 0.4) is 0 Å². The van der Waals surface area contributed by atoms with Crippen LogP contribution in [0.15, 0.2) is 53.8 Å². The topological polar surface area (TPSA) is 87.1 Å². The number of nitrogens with one attached hydrogen (secondary N) is 1. The highest BCUT2D eigenvalue weighted by Gasteiger charge is 2.22. The number of hydrogen-bond donors (Lipinski definition) is 1. The predicted octanol–water partition coefficient (Wildman–Crippen LogP) is 3.16. The van der Waals surface area contributed by atoms with Gasteiger partial charge in [0.05, 0.1) is 16.8 Å². The van der Waals surface area contributed by atoms with Crippen LogP contribution in [-0.4, -0.2) is 85.3 Å². The van der Waals surface area contributed by atoms with Crippen LogP contribution in [0.5, 0.6) is 5.75 Å². The van der Waals surface area contributed by atoms with Gasteiger partial charge in [0, 0.05) is 69.5 Å². The zero-order chi connectivity index (χ0) is 24.9. The molecule has 1 saturated heterocycles. The molecule has 188 valence electrons. The van der Waals surface area contributed by atoms with Crippen LogP contribution in [0.25, 0.3) is 0 Å². The van der Waals surface area contributed by atoms with Crippen molar-refractivity contribution in [2.24, 2.45) is 4.99 Å². The van der Waals surface area contributed by atoms with E-state index in [0.717, 1.165) is 41.1 Å². The number of nitrogens with zero attached hydrogens (tertiary/aromatic N) is 4. The normalized spacial score (nSPS) is 14.3. The van der Waals surface area contributed by atoms with Gasteiger partial charge in [0.25, 0.3) is 0 Å². The average Bonchev–Trinajstić information content (AvgIpc) is 2.90. The molecular weight excluding hydrogens is 486 g/mol. The van der Waals surface area contributed by atoms with Gasteiger partial charge in [-0.3, -0.25) is 19.6 Å². The standard InChI is InChI=1S/C25H32ClN5O3S/c1-27-20(18-34-21-8-10-28-11-9-21)19-35-17-12-29-24(32)6-7-25(33)31-15-13-30(14-16-31)23-5-3-2-4-22(23)26/h2-5,8-11,20H,1,6-7,12-19H2,(H,29,32). The van der Waals surface area contributed by atoms with E-state index in [4.69, 9.17) is 16.3 Å². The van der Waals surface area contributed by atoms with Crippen LogP contribution in [-0.2, 0) is 9.59 Å². The summed E-state index contributed by atoms with van der Waals surface area (Å²) in [6.45, 7) is 7.34. The van der Waals surface area contributed by atoms with Crippen molar-refractivity contribution >= 4 is 47.6 Å². The highest BCUT2D eigenvalue weighted by Crippen LogP contribution is 2.26. The Balaban J connectivity index is 1.24. The quantitative estimate of drug-likeness (QED) is 0.324. The molecule has 3 rings (SSSR count). The van der Waals surface area contributed by atoms with Gasteiger partial charge in [-0.05, 0) is 31.0 Å². The van der Waals surface area contributed by atoms with E-state index in [1.807, 2.05) is 29.2 Å². The van der Waals surface area contributed by atoms with Gasteiger partial charge in [0.15, 0.2) is 0 Å². The fourth-order valence-corrected chi connectivity index (χ4v) is 4.78. The van der Waals surface area contributed by atoms with Crippen molar-refractivity contribution in [1.82, 2.24) is 15.2 Å². The van der Waals surface area contributed by atoms with Crippen LogP contribution in [0.1, 0.15) is 12.8 Å². The summed E-state index contributed by atoms with van der Waals surface area (Å²) < 4.78 is 5.69. The number of halogens is 1. The van der Waals surface area contributed by atoms with Crippen molar-refractivity contribution in [3.05, 3.63) is 53.8 Å². The maximum Gasteiger partial charge on any atom is 0.223 e. The number of amides is 2. The summed E-state index contributed by atoms with van der Waals surface area (Å²) in [6, 6.07) is 11.3. The van der Waals surface area contributed by atoms with Crippen molar-refractivity contribution in [2.45, 2.75) is 18.9 Å². The van der Waals surface area contributed by atoms with Gasteiger partial charge < -0.3 is 19.9 Å². The molecule has 1 fully saturated rings. The Morgan fingerprint density at radius 1 is 1.14 bits per heavy atom. The van der Waals surface area contributed by atoms with Gasteiger partial charge >= 0.3 is 0 Å². The molecule has 0 radical (unpaired) electrons. The van der Waals surface area contributed by atoms with E-state index in [9.17, 15) is 9.59 Å². The molecule has 0 spiro atoms. The van der Waals surface area contributed by atoms with Crippen molar-refractivity contribution in [3.63, 3.8) is 0 Å². The number of rotatable bonds is 13. The maximum absolute atomic E-state index is 12.5. The van der Waals surface area contributed by atoms with Crippen molar-refractivity contribution in [3.8, 4) is 5.75 Å². The third-order valence-corrected chi connectivity index (χ3v) is 7.05. The fourth-order valence-electron chi connectivity index (χ4n) is 3.63. The molecule has 1 N–H and O–H groups in total. The second-order valence-corrected chi connectivity index (χ2v) is 9.63. The molecule has 35 heavy (non-hydrogen) atoms. The van der Waals surface area contributed by atoms with Gasteiger partial charge in [0.2, 0.25) is 11.8 Å². The SMILES string of the molecule is C=NC(COc1ccncc1)CSCCNC(=O)CCC(=O)N1CCN(c2ccccc2Cl)CC1. The zero-order valence-corrected chi connectivity index (χ0v) is 21.3. The Morgan fingerprint density at radius 2 is 1.89 bits per heavy atom. The lowest BCUT2D eigenvalue weighted by Gasteiger charge is -2.36. The van der Waals surface area contributed by atoms with Gasteiger partial charge in [-0.25, -0.2) is 0 Å². The lowest BCUT2D eigenvalue weighted by molar-refractivity contribution is -0.133. The third kappa shape index (κ3) is 9.07. The number of carbonyl (C=O) groups excluding carboxylic acids is 2. The first-order valence-electron chi connectivity index (χ1n) is 11.7. The average molecular weight is 518 g/mol. The van der Waals surface area contributed by atoms with E-state index in [2.05, 4.69) is 26.9 Å². The number of pyridine rings is 1. The third-order valence-electron chi connectivity index (χ3n) is 5.62. The number of piperazine rings is 1. The minimum absolute atomic E-state index is 0.0161. The predicted molar refractivity (Wildman–Crippen MR) is 143 cm³/mol. The molecule has 1 aliphatic heterocycles.